The molecule has 3 heteroatoms. The summed E-state index contributed by atoms with van der Waals surface area (Å²) in [5, 5.41) is 3.59. The molecule has 0 saturated carbocycles. The molecule has 4 rings (SSSR count). The van der Waals surface area contributed by atoms with Gasteiger partial charge in [0.05, 0.1) is 0 Å². The zero-order valence-electron chi connectivity index (χ0n) is 14.5. The van der Waals surface area contributed by atoms with Crippen LogP contribution in [0.5, 0.6) is 0 Å². The van der Waals surface area contributed by atoms with Crippen LogP contribution in [0.25, 0.3) is 16.9 Å². The van der Waals surface area contributed by atoms with Crippen LogP contribution in [0, 0.1) is 13.8 Å². The van der Waals surface area contributed by atoms with Gasteiger partial charge in [0.25, 0.3) is 0 Å². The van der Waals surface area contributed by atoms with Crippen LogP contribution in [-0.4, -0.2) is 9.38 Å². The Balaban J connectivity index is 1.80. The van der Waals surface area contributed by atoms with Gasteiger partial charge in [0.2, 0.25) is 0 Å². The standard InChI is InChI=1S/C22H21N3/c1-16-10-12-19(13-11-16)20-22(23-15-18-8-4-3-5-9-18)25-14-6-7-17(2)21(25)24-20/h3-14,23H,15H2,1-2H3. The van der Waals surface area contributed by atoms with Crippen molar-refractivity contribution in [2.45, 2.75) is 20.4 Å². The molecule has 0 aliphatic heterocycles. The Morgan fingerprint density at radius 1 is 0.880 bits per heavy atom. The summed E-state index contributed by atoms with van der Waals surface area (Å²) in [6.45, 7) is 4.97. The maximum absolute atomic E-state index is 4.92. The van der Waals surface area contributed by atoms with Gasteiger partial charge in [-0.15, -0.1) is 0 Å². The van der Waals surface area contributed by atoms with Gasteiger partial charge in [-0.2, -0.15) is 0 Å². The first kappa shape index (κ1) is 15.5. The van der Waals surface area contributed by atoms with Crippen molar-refractivity contribution in [1.82, 2.24) is 9.38 Å². The Labute approximate surface area is 148 Å². The van der Waals surface area contributed by atoms with Crippen LogP contribution >= 0.6 is 0 Å². The van der Waals surface area contributed by atoms with Crippen molar-refractivity contribution >= 4 is 11.5 Å². The third-order valence-electron chi connectivity index (χ3n) is 4.47. The molecule has 2 aromatic heterocycles. The minimum atomic E-state index is 0.765. The Morgan fingerprint density at radius 3 is 2.40 bits per heavy atom. The minimum Gasteiger partial charge on any atom is -0.365 e. The molecule has 0 aliphatic rings. The third-order valence-corrected chi connectivity index (χ3v) is 4.47. The van der Waals surface area contributed by atoms with Gasteiger partial charge in [-0.25, -0.2) is 4.98 Å². The smallest absolute Gasteiger partial charge is 0.142 e. The predicted molar refractivity (Wildman–Crippen MR) is 104 cm³/mol. The van der Waals surface area contributed by atoms with E-state index in [2.05, 4.69) is 90.4 Å². The zero-order valence-corrected chi connectivity index (χ0v) is 14.5. The number of pyridine rings is 1. The van der Waals surface area contributed by atoms with E-state index in [0.29, 0.717) is 0 Å². The lowest BCUT2D eigenvalue weighted by Crippen LogP contribution is -2.03. The molecule has 25 heavy (non-hydrogen) atoms. The van der Waals surface area contributed by atoms with Crippen molar-refractivity contribution in [2.75, 3.05) is 5.32 Å². The van der Waals surface area contributed by atoms with Gasteiger partial charge >= 0.3 is 0 Å². The minimum absolute atomic E-state index is 0.765. The van der Waals surface area contributed by atoms with Gasteiger partial charge in [0.1, 0.15) is 17.2 Å². The molecule has 0 saturated heterocycles. The number of benzene rings is 2. The van der Waals surface area contributed by atoms with Crippen LogP contribution in [0.3, 0.4) is 0 Å². The fourth-order valence-electron chi connectivity index (χ4n) is 3.07. The first-order chi connectivity index (χ1) is 12.2. The molecule has 0 fully saturated rings. The topological polar surface area (TPSA) is 29.3 Å². The normalized spacial score (nSPS) is 11.0. The number of nitrogens with one attached hydrogen (secondary N) is 1. The second-order valence-electron chi connectivity index (χ2n) is 6.40. The molecule has 0 spiro atoms. The summed E-state index contributed by atoms with van der Waals surface area (Å²) >= 11 is 0. The molecule has 0 bridgehead atoms. The van der Waals surface area contributed by atoms with Crippen molar-refractivity contribution in [1.29, 1.82) is 0 Å². The third kappa shape index (κ3) is 3.01. The highest BCUT2D eigenvalue weighted by Gasteiger charge is 2.15. The molecule has 4 aromatic rings. The zero-order chi connectivity index (χ0) is 17.2. The summed E-state index contributed by atoms with van der Waals surface area (Å²) in [5.41, 5.74) is 6.79. The number of hydrogen-bond acceptors (Lipinski definition) is 2. The molecule has 0 aliphatic carbocycles. The van der Waals surface area contributed by atoms with Gasteiger partial charge in [-0.05, 0) is 31.0 Å². The van der Waals surface area contributed by atoms with E-state index in [4.69, 9.17) is 4.98 Å². The van der Waals surface area contributed by atoms with Gasteiger partial charge in [-0.3, -0.25) is 4.40 Å². The van der Waals surface area contributed by atoms with E-state index in [1.54, 1.807) is 0 Å². The van der Waals surface area contributed by atoms with E-state index in [9.17, 15) is 0 Å². The largest absolute Gasteiger partial charge is 0.365 e. The van der Waals surface area contributed by atoms with Crippen molar-refractivity contribution in [3.63, 3.8) is 0 Å². The number of rotatable bonds is 4. The summed E-state index contributed by atoms with van der Waals surface area (Å²) in [5.74, 6) is 1.03. The maximum atomic E-state index is 4.92. The van der Waals surface area contributed by atoms with Crippen LogP contribution < -0.4 is 5.32 Å². The molecule has 1 N–H and O–H groups in total. The number of fused-ring (bicyclic) bond motifs is 1. The first-order valence-corrected chi connectivity index (χ1v) is 8.55. The summed E-state index contributed by atoms with van der Waals surface area (Å²) in [4.78, 5) is 4.92. The highest BCUT2D eigenvalue weighted by molar-refractivity contribution is 5.77. The Morgan fingerprint density at radius 2 is 1.64 bits per heavy atom. The number of anilines is 1. The molecule has 2 heterocycles. The number of imidazole rings is 1. The van der Waals surface area contributed by atoms with E-state index in [-0.39, 0.29) is 0 Å². The van der Waals surface area contributed by atoms with Gasteiger partial charge in [-0.1, -0.05) is 66.2 Å². The first-order valence-electron chi connectivity index (χ1n) is 8.55. The van der Waals surface area contributed by atoms with Crippen LogP contribution in [-0.2, 0) is 6.54 Å². The highest BCUT2D eigenvalue weighted by atomic mass is 15.1. The molecule has 124 valence electrons. The van der Waals surface area contributed by atoms with Crippen molar-refractivity contribution < 1.29 is 0 Å². The fraction of sp³-hybridized carbons (Fsp3) is 0.136. The monoisotopic (exact) mass is 327 g/mol. The SMILES string of the molecule is Cc1ccc(-c2nc3c(C)cccn3c2NCc2ccccc2)cc1. The van der Waals surface area contributed by atoms with E-state index in [1.165, 1.54) is 16.7 Å². The van der Waals surface area contributed by atoms with Gasteiger partial charge < -0.3 is 5.32 Å². The lowest BCUT2D eigenvalue weighted by Gasteiger charge is -2.09. The molecule has 0 unspecified atom stereocenters. The summed E-state index contributed by atoms with van der Waals surface area (Å²) < 4.78 is 2.15. The molecule has 2 aromatic carbocycles. The number of nitrogens with zero attached hydrogens (tertiary/aromatic N) is 2. The van der Waals surface area contributed by atoms with Crippen molar-refractivity contribution in [3.05, 3.63) is 89.6 Å². The summed E-state index contributed by atoms with van der Waals surface area (Å²) in [6, 6.07) is 23.1. The quantitative estimate of drug-likeness (QED) is 0.556. The Kier molecular flexibility index (Phi) is 3.98. The van der Waals surface area contributed by atoms with E-state index < -0.39 is 0 Å². The van der Waals surface area contributed by atoms with E-state index in [1.807, 2.05) is 6.07 Å². The molecule has 0 radical (unpaired) electrons. The van der Waals surface area contributed by atoms with Crippen LogP contribution in [0.1, 0.15) is 16.7 Å². The Hall–Kier alpha value is -3.07. The van der Waals surface area contributed by atoms with Crippen LogP contribution in [0.15, 0.2) is 72.9 Å². The maximum Gasteiger partial charge on any atom is 0.142 e. The lowest BCUT2D eigenvalue weighted by molar-refractivity contribution is 1.08. The number of aromatic nitrogens is 2. The molecular formula is C22H21N3. The average molecular weight is 327 g/mol. The van der Waals surface area contributed by atoms with Gasteiger partial charge in [0, 0.05) is 18.3 Å². The predicted octanol–water partition coefficient (Wildman–Crippen LogP) is 5.23. The molecule has 0 atom stereocenters. The molecule has 3 nitrogen and oxygen atoms in total. The second-order valence-corrected chi connectivity index (χ2v) is 6.40. The van der Waals surface area contributed by atoms with Gasteiger partial charge in [0.15, 0.2) is 0 Å². The second kappa shape index (κ2) is 6.44. The average Bonchev–Trinajstić information content (AvgIpc) is 3.01. The van der Waals surface area contributed by atoms with Crippen LogP contribution in [0.2, 0.25) is 0 Å². The Bertz CT molecular complexity index is 999. The van der Waals surface area contributed by atoms with E-state index >= 15 is 0 Å². The summed E-state index contributed by atoms with van der Waals surface area (Å²) in [7, 11) is 0. The summed E-state index contributed by atoms with van der Waals surface area (Å²) in [6.07, 6.45) is 2.07. The lowest BCUT2D eigenvalue weighted by atomic mass is 10.1. The number of hydrogen-bond donors (Lipinski definition) is 1. The van der Waals surface area contributed by atoms with E-state index in [0.717, 1.165) is 29.3 Å². The number of aryl methyl sites for hydroxylation is 2. The van der Waals surface area contributed by atoms with Crippen molar-refractivity contribution in [3.8, 4) is 11.3 Å². The van der Waals surface area contributed by atoms with Crippen LogP contribution in [0.4, 0.5) is 5.82 Å². The molecular weight excluding hydrogens is 306 g/mol. The molecule has 0 amide bonds. The van der Waals surface area contributed by atoms with Crippen molar-refractivity contribution in [2.24, 2.45) is 0 Å². The highest BCUT2D eigenvalue weighted by Crippen LogP contribution is 2.30. The fourth-order valence-corrected chi connectivity index (χ4v) is 3.07.